The maximum atomic E-state index is 12.4. The van der Waals surface area contributed by atoms with E-state index in [4.69, 9.17) is 9.47 Å². The van der Waals surface area contributed by atoms with Crippen molar-refractivity contribution in [1.82, 2.24) is 10.6 Å². The van der Waals surface area contributed by atoms with Crippen LogP contribution in [0.3, 0.4) is 0 Å². The van der Waals surface area contributed by atoms with Crippen molar-refractivity contribution in [2.45, 2.75) is 59.9 Å². The highest BCUT2D eigenvalue weighted by molar-refractivity contribution is 6.01. The molecule has 1 rings (SSSR count). The molecule has 26 heavy (non-hydrogen) atoms. The van der Waals surface area contributed by atoms with Crippen LogP contribution >= 0.6 is 0 Å². The quantitative estimate of drug-likeness (QED) is 0.460. The molecule has 1 aromatic carbocycles. The minimum atomic E-state index is -1.40. The average molecular weight is 364 g/mol. The van der Waals surface area contributed by atoms with Crippen LogP contribution in [0.5, 0.6) is 0 Å². The van der Waals surface area contributed by atoms with Crippen molar-refractivity contribution in [3.05, 3.63) is 35.9 Å². The summed E-state index contributed by atoms with van der Waals surface area (Å²) in [5.74, 6) is -1.21. The van der Waals surface area contributed by atoms with E-state index in [1.54, 1.807) is 27.7 Å². The van der Waals surface area contributed by atoms with Gasteiger partial charge in [-0.05, 0) is 47.1 Å². The number of ether oxygens (including phenoxy) is 2. The first-order chi connectivity index (χ1) is 11.9. The molecule has 0 spiro atoms. The Bertz CT molecular complexity index is 635. The van der Waals surface area contributed by atoms with Crippen LogP contribution in [0.1, 0.15) is 47.1 Å². The van der Waals surface area contributed by atoms with Gasteiger partial charge in [-0.2, -0.15) is 0 Å². The number of carbonyl (C=O) groups excluding carboxylic acids is 3. The Morgan fingerprint density at radius 2 is 1.58 bits per heavy atom. The SMILES string of the molecule is CC(NC(=O)OC(C)(C)C)NC(=O)C(C)(C)C(=O)OCc1ccccc1. The van der Waals surface area contributed by atoms with E-state index in [2.05, 4.69) is 10.6 Å². The predicted molar refractivity (Wildman–Crippen MR) is 97.0 cm³/mol. The summed E-state index contributed by atoms with van der Waals surface area (Å²) < 4.78 is 10.3. The number of nitrogens with one attached hydrogen (secondary N) is 2. The van der Waals surface area contributed by atoms with Crippen molar-refractivity contribution in [3.63, 3.8) is 0 Å². The minimum absolute atomic E-state index is 0.0854. The van der Waals surface area contributed by atoms with Gasteiger partial charge in [0.25, 0.3) is 0 Å². The molecule has 1 unspecified atom stereocenters. The van der Waals surface area contributed by atoms with Crippen LogP contribution in [0.25, 0.3) is 0 Å². The van der Waals surface area contributed by atoms with Gasteiger partial charge in [0.2, 0.25) is 5.91 Å². The van der Waals surface area contributed by atoms with Gasteiger partial charge in [0, 0.05) is 0 Å². The van der Waals surface area contributed by atoms with E-state index in [0.29, 0.717) is 0 Å². The molecule has 144 valence electrons. The van der Waals surface area contributed by atoms with Crippen LogP contribution in [0.15, 0.2) is 30.3 Å². The van der Waals surface area contributed by atoms with Gasteiger partial charge in [0.05, 0.1) is 0 Å². The Balaban J connectivity index is 2.54. The largest absolute Gasteiger partial charge is 0.460 e. The van der Waals surface area contributed by atoms with Crippen LogP contribution in [-0.4, -0.2) is 29.7 Å². The molecule has 0 aliphatic carbocycles. The lowest BCUT2D eigenvalue weighted by molar-refractivity contribution is -0.160. The first-order valence-corrected chi connectivity index (χ1v) is 8.43. The zero-order valence-corrected chi connectivity index (χ0v) is 16.2. The van der Waals surface area contributed by atoms with Crippen LogP contribution in [0.2, 0.25) is 0 Å². The molecule has 0 aliphatic heterocycles. The zero-order chi connectivity index (χ0) is 20.0. The molecule has 0 radical (unpaired) electrons. The number of rotatable bonds is 6. The second kappa shape index (κ2) is 8.69. The molecule has 2 amide bonds. The molecule has 0 saturated carbocycles. The van der Waals surface area contributed by atoms with Crippen molar-refractivity contribution in [2.75, 3.05) is 0 Å². The molecule has 1 aromatic rings. The van der Waals surface area contributed by atoms with Gasteiger partial charge in [0.15, 0.2) is 0 Å². The van der Waals surface area contributed by atoms with E-state index in [9.17, 15) is 14.4 Å². The molecular formula is C19H28N2O5. The normalized spacial score (nSPS) is 12.7. The molecule has 7 nitrogen and oxygen atoms in total. The van der Waals surface area contributed by atoms with Crippen molar-refractivity contribution in [2.24, 2.45) is 5.41 Å². The summed E-state index contributed by atoms with van der Waals surface area (Å²) in [4.78, 5) is 36.4. The lowest BCUT2D eigenvalue weighted by Gasteiger charge is -2.26. The Labute approximate surface area is 154 Å². The van der Waals surface area contributed by atoms with Crippen molar-refractivity contribution in [1.29, 1.82) is 0 Å². The van der Waals surface area contributed by atoms with E-state index >= 15 is 0 Å². The second-order valence-corrected chi connectivity index (χ2v) is 7.53. The molecule has 0 saturated heterocycles. The van der Waals surface area contributed by atoms with Gasteiger partial charge < -0.3 is 20.1 Å². The van der Waals surface area contributed by atoms with E-state index in [1.807, 2.05) is 30.3 Å². The maximum absolute atomic E-state index is 12.4. The first kappa shape index (κ1) is 21.5. The summed E-state index contributed by atoms with van der Waals surface area (Å²) in [7, 11) is 0. The number of amides is 2. The number of esters is 1. The minimum Gasteiger partial charge on any atom is -0.460 e. The lowest BCUT2D eigenvalue weighted by atomic mass is 9.92. The van der Waals surface area contributed by atoms with Crippen molar-refractivity contribution in [3.8, 4) is 0 Å². The van der Waals surface area contributed by atoms with Gasteiger partial charge in [-0.25, -0.2) is 4.79 Å². The van der Waals surface area contributed by atoms with E-state index in [0.717, 1.165) is 5.56 Å². The topological polar surface area (TPSA) is 93.7 Å². The van der Waals surface area contributed by atoms with Crippen LogP contribution < -0.4 is 10.6 Å². The summed E-state index contributed by atoms with van der Waals surface area (Å²) >= 11 is 0. The number of benzene rings is 1. The van der Waals surface area contributed by atoms with Gasteiger partial charge in [0.1, 0.15) is 23.8 Å². The molecule has 0 heterocycles. The van der Waals surface area contributed by atoms with Crippen LogP contribution in [-0.2, 0) is 25.7 Å². The monoisotopic (exact) mass is 364 g/mol. The summed E-state index contributed by atoms with van der Waals surface area (Å²) in [5.41, 5.74) is -1.22. The molecular weight excluding hydrogens is 336 g/mol. The molecule has 0 aliphatic rings. The first-order valence-electron chi connectivity index (χ1n) is 8.43. The molecule has 2 N–H and O–H groups in total. The van der Waals surface area contributed by atoms with Gasteiger partial charge in [-0.1, -0.05) is 30.3 Å². The second-order valence-electron chi connectivity index (χ2n) is 7.53. The fourth-order valence-electron chi connectivity index (χ4n) is 1.89. The predicted octanol–water partition coefficient (Wildman–Crippen LogP) is 2.74. The fourth-order valence-corrected chi connectivity index (χ4v) is 1.89. The van der Waals surface area contributed by atoms with Crippen LogP contribution in [0.4, 0.5) is 4.79 Å². The van der Waals surface area contributed by atoms with Gasteiger partial charge >= 0.3 is 12.1 Å². The maximum Gasteiger partial charge on any atom is 0.409 e. The third kappa shape index (κ3) is 7.13. The molecule has 7 heteroatoms. The van der Waals surface area contributed by atoms with E-state index in [-0.39, 0.29) is 6.61 Å². The highest BCUT2D eigenvalue weighted by atomic mass is 16.6. The standard InChI is InChI=1S/C19H28N2O5/c1-13(21-17(24)26-18(2,3)4)20-15(22)19(5,6)16(23)25-12-14-10-8-7-9-11-14/h7-11,13H,12H2,1-6H3,(H,20,22)(H,21,24). The molecule has 0 aromatic heterocycles. The number of carbonyl (C=O) groups is 3. The number of hydrogen-bond donors (Lipinski definition) is 2. The van der Waals surface area contributed by atoms with Crippen molar-refractivity contribution < 1.29 is 23.9 Å². The van der Waals surface area contributed by atoms with Gasteiger partial charge in [-0.15, -0.1) is 0 Å². The number of alkyl carbamates (subject to hydrolysis) is 1. The van der Waals surface area contributed by atoms with E-state index in [1.165, 1.54) is 13.8 Å². The molecule has 0 fully saturated rings. The highest BCUT2D eigenvalue weighted by Gasteiger charge is 2.38. The summed E-state index contributed by atoms with van der Waals surface area (Å²) in [5, 5.41) is 5.06. The van der Waals surface area contributed by atoms with Gasteiger partial charge in [-0.3, -0.25) is 9.59 Å². The Morgan fingerprint density at radius 3 is 2.12 bits per heavy atom. The summed E-state index contributed by atoms with van der Waals surface area (Å²) in [6.07, 6.45) is -1.37. The smallest absolute Gasteiger partial charge is 0.409 e. The van der Waals surface area contributed by atoms with E-state index < -0.39 is 35.2 Å². The highest BCUT2D eigenvalue weighted by Crippen LogP contribution is 2.19. The molecule has 0 bridgehead atoms. The third-order valence-corrected chi connectivity index (χ3v) is 3.37. The Hall–Kier alpha value is -2.57. The molecule has 1 atom stereocenters. The number of hydrogen-bond acceptors (Lipinski definition) is 5. The zero-order valence-electron chi connectivity index (χ0n) is 16.2. The van der Waals surface area contributed by atoms with Crippen LogP contribution in [0, 0.1) is 5.41 Å². The summed E-state index contributed by atoms with van der Waals surface area (Å²) in [6.45, 7) is 9.81. The average Bonchev–Trinajstić information content (AvgIpc) is 2.51. The summed E-state index contributed by atoms with van der Waals surface area (Å²) in [6, 6.07) is 9.19. The van der Waals surface area contributed by atoms with Crippen molar-refractivity contribution >= 4 is 18.0 Å². The fraction of sp³-hybridized carbons (Fsp3) is 0.526. The Morgan fingerprint density at radius 1 is 1.00 bits per heavy atom. The third-order valence-electron chi connectivity index (χ3n) is 3.37. The Kier molecular flexibility index (Phi) is 7.18. The lowest BCUT2D eigenvalue weighted by Crippen LogP contribution is -2.52.